The van der Waals surface area contributed by atoms with Crippen LogP contribution in [0.4, 0.5) is 17.1 Å². The number of fused-ring (bicyclic) bond motifs is 1. The summed E-state index contributed by atoms with van der Waals surface area (Å²) in [5.41, 5.74) is 6.18. The van der Waals surface area contributed by atoms with Gasteiger partial charge in [0.15, 0.2) is 0 Å². The van der Waals surface area contributed by atoms with Crippen LogP contribution in [0.3, 0.4) is 0 Å². The van der Waals surface area contributed by atoms with Crippen molar-refractivity contribution in [2.24, 2.45) is 0 Å². The van der Waals surface area contributed by atoms with E-state index in [1.807, 2.05) is 13.1 Å². The van der Waals surface area contributed by atoms with Crippen LogP contribution in [0.15, 0.2) is 66.9 Å². The van der Waals surface area contributed by atoms with Gasteiger partial charge < -0.3 is 26.2 Å². The Morgan fingerprint density at radius 3 is 2.70 bits per heavy atom. The molecule has 0 aliphatic carbocycles. The quantitative estimate of drug-likeness (QED) is 0.565. The predicted molar refractivity (Wildman–Crippen MR) is 129 cm³/mol. The first-order chi connectivity index (χ1) is 14.8. The van der Waals surface area contributed by atoms with Crippen molar-refractivity contribution in [2.75, 3.05) is 48.8 Å². The number of benzene rings is 2. The molecule has 2 aromatic rings. The molecule has 0 saturated carbocycles. The van der Waals surface area contributed by atoms with Gasteiger partial charge in [-0.25, -0.2) is 0 Å². The van der Waals surface area contributed by atoms with Gasteiger partial charge in [-0.3, -0.25) is 0 Å². The lowest BCUT2D eigenvalue weighted by molar-refractivity contribution is 0.453. The van der Waals surface area contributed by atoms with Crippen molar-refractivity contribution < 1.29 is 0 Å². The minimum Gasteiger partial charge on any atom is -0.388 e. The second kappa shape index (κ2) is 9.72. The average molecular weight is 404 g/mol. The van der Waals surface area contributed by atoms with Crippen LogP contribution in [-0.4, -0.2) is 45.3 Å². The number of nitrogens with one attached hydrogen (secondary N) is 4. The largest absolute Gasteiger partial charge is 0.388 e. The number of hydrogen-bond donors (Lipinski definition) is 4. The normalized spacial score (nSPS) is 19.4. The summed E-state index contributed by atoms with van der Waals surface area (Å²) in [6.45, 7) is 7.79. The van der Waals surface area contributed by atoms with Gasteiger partial charge in [0.1, 0.15) is 0 Å². The van der Waals surface area contributed by atoms with E-state index >= 15 is 0 Å². The Kier molecular flexibility index (Phi) is 6.60. The van der Waals surface area contributed by atoms with E-state index in [2.05, 4.69) is 87.5 Å². The van der Waals surface area contributed by atoms with E-state index in [0.717, 1.165) is 39.0 Å². The zero-order chi connectivity index (χ0) is 20.8. The molecule has 0 radical (unpaired) electrons. The standard InChI is InChI=1S/C25H33N5/c1-3-19-7-6-8-22(15-19)30-13-11-21(12-14-30)27-17-20(16-26-2)25-18-28-23-9-4-5-10-24(23)29-25/h3-10,15,17,21,25-29H,1,11-14,16,18H2,2H3/b20-17+. The lowest BCUT2D eigenvalue weighted by Crippen LogP contribution is -2.42. The van der Waals surface area contributed by atoms with Gasteiger partial charge in [-0.2, -0.15) is 0 Å². The minimum absolute atomic E-state index is 0.279. The zero-order valence-corrected chi connectivity index (χ0v) is 17.8. The highest BCUT2D eigenvalue weighted by atomic mass is 15.1. The summed E-state index contributed by atoms with van der Waals surface area (Å²) in [6.07, 6.45) is 6.43. The fourth-order valence-electron chi connectivity index (χ4n) is 4.29. The van der Waals surface area contributed by atoms with Crippen LogP contribution in [0.5, 0.6) is 0 Å². The molecule has 0 aromatic heterocycles. The summed E-state index contributed by atoms with van der Waals surface area (Å²) < 4.78 is 0. The molecule has 0 bridgehead atoms. The third-order valence-corrected chi connectivity index (χ3v) is 6.05. The molecule has 2 heterocycles. The van der Waals surface area contributed by atoms with Crippen LogP contribution in [-0.2, 0) is 0 Å². The topological polar surface area (TPSA) is 51.4 Å². The fraction of sp³-hybridized carbons (Fsp3) is 0.360. The lowest BCUT2D eigenvalue weighted by Gasteiger charge is -2.35. The molecule has 2 aliphatic rings. The number of anilines is 3. The molecule has 1 atom stereocenters. The Labute approximate surface area is 180 Å². The third-order valence-electron chi connectivity index (χ3n) is 6.05. The summed E-state index contributed by atoms with van der Waals surface area (Å²) in [5, 5.41) is 14.3. The Bertz CT molecular complexity index is 883. The van der Waals surface area contributed by atoms with E-state index in [9.17, 15) is 0 Å². The van der Waals surface area contributed by atoms with Crippen molar-refractivity contribution in [1.29, 1.82) is 0 Å². The second-order valence-corrected chi connectivity index (χ2v) is 8.10. The third kappa shape index (κ3) is 4.79. The van der Waals surface area contributed by atoms with Crippen molar-refractivity contribution in [3.8, 4) is 0 Å². The maximum atomic E-state index is 3.89. The second-order valence-electron chi connectivity index (χ2n) is 8.10. The Morgan fingerprint density at radius 2 is 1.93 bits per heavy atom. The summed E-state index contributed by atoms with van der Waals surface area (Å²) in [5.74, 6) is 0. The number of likely N-dealkylation sites (N-methyl/N-ethyl adjacent to an activating group) is 1. The van der Waals surface area contributed by atoms with E-state index in [1.165, 1.54) is 28.2 Å². The van der Waals surface area contributed by atoms with E-state index in [0.29, 0.717) is 6.04 Å². The van der Waals surface area contributed by atoms with E-state index in [-0.39, 0.29) is 6.04 Å². The highest BCUT2D eigenvalue weighted by Crippen LogP contribution is 2.27. The van der Waals surface area contributed by atoms with Crippen LogP contribution in [0, 0.1) is 0 Å². The maximum Gasteiger partial charge on any atom is 0.0676 e. The van der Waals surface area contributed by atoms with Gasteiger partial charge in [0.2, 0.25) is 0 Å². The molecule has 2 aliphatic heterocycles. The van der Waals surface area contributed by atoms with Crippen LogP contribution >= 0.6 is 0 Å². The monoisotopic (exact) mass is 403 g/mol. The molecular weight excluding hydrogens is 370 g/mol. The average Bonchev–Trinajstić information content (AvgIpc) is 2.82. The minimum atomic E-state index is 0.279. The van der Waals surface area contributed by atoms with Gasteiger partial charge in [0.05, 0.1) is 17.4 Å². The van der Waals surface area contributed by atoms with Crippen molar-refractivity contribution in [1.82, 2.24) is 10.6 Å². The number of nitrogens with zero attached hydrogens (tertiary/aromatic N) is 1. The molecule has 0 spiro atoms. The molecular formula is C25H33N5. The number of hydrogen-bond acceptors (Lipinski definition) is 5. The van der Waals surface area contributed by atoms with Gasteiger partial charge in [0, 0.05) is 37.9 Å². The van der Waals surface area contributed by atoms with Gasteiger partial charge in [0.25, 0.3) is 0 Å². The number of para-hydroxylation sites is 2. The molecule has 0 amide bonds. The van der Waals surface area contributed by atoms with Crippen LogP contribution in [0.2, 0.25) is 0 Å². The van der Waals surface area contributed by atoms with Crippen molar-refractivity contribution in [3.05, 3.63) is 72.4 Å². The first-order valence-corrected chi connectivity index (χ1v) is 10.9. The molecule has 4 rings (SSSR count). The first-order valence-electron chi connectivity index (χ1n) is 10.9. The molecule has 1 fully saturated rings. The van der Waals surface area contributed by atoms with Gasteiger partial charge >= 0.3 is 0 Å². The van der Waals surface area contributed by atoms with E-state index in [4.69, 9.17) is 0 Å². The molecule has 158 valence electrons. The number of rotatable bonds is 7. The van der Waals surface area contributed by atoms with Crippen molar-refractivity contribution in [2.45, 2.75) is 24.9 Å². The molecule has 1 saturated heterocycles. The van der Waals surface area contributed by atoms with E-state index in [1.54, 1.807) is 0 Å². The molecule has 1 unspecified atom stereocenters. The summed E-state index contributed by atoms with van der Waals surface area (Å²) in [7, 11) is 2.01. The molecule has 4 N–H and O–H groups in total. The SMILES string of the molecule is C=Cc1cccc(N2CCC(N/C=C(\CNC)C3CNc4ccccc4N3)CC2)c1. The predicted octanol–water partition coefficient (Wildman–Crippen LogP) is 3.90. The molecule has 5 nitrogen and oxygen atoms in total. The van der Waals surface area contributed by atoms with Crippen LogP contribution < -0.4 is 26.2 Å². The van der Waals surface area contributed by atoms with Crippen molar-refractivity contribution >= 4 is 23.1 Å². The molecule has 30 heavy (non-hydrogen) atoms. The van der Waals surface area contributed by atoms with E-state index < -0.39 is 0 Å². The molecule has 2 aromatic carbocycles. The number of piperidine rings is 1. The first kappa shape index (κ1) is 20.4. The Balaban J connectivity index is 1.34. The maximum absolute atomic E-state index is 3.89. The summed E-state index contributed by atoms with van der Waals surface area (Å²) in [6, 6.07) is 17.8. The highest BCUT2D eigenvalue weighted by molar-refractivity contribution is 5.71. The zero-order valence-electron chi connectivity index (χ0n) is 17.8. The summed E-state index contributed by atoms with van der Waals surface area (Å²) in [4.78, 5) is 2.48. The Hall–Kier alpha value is -2.92. The fourth-order valence-corrected chi connectivity index (χ4v) is 4.29. The van der Waals surface area contributed by atoms with Gasteiger partial charge in [-0.1, -0.05) is 36.9 Å². The van der Waals surface area contributed by atoms with Gasteiger partial charge in [-0.15, -0.1) is 0 Å². The highest BCUT2D eigenvalue weighted by Gasteiger charge is 2.22. The smallest absolute Gasteiger partial charge is 0.0676 e. The van der Waals surface area contributed by atoms with Crippen molar-refractivity contribution in [3.63, 3.8) is 0 Å². The van der Waals surface area contributed by atoms with Crippen LogP contribution in [0.25, 0.3) is 6.08 Å². The van der Waals surface area contributed by atoms with Crippen LogP contribution in [0.1, 0.15) is 18.4 Å². The lowest BCUT2D eigenvalue weighted by atomic mass is 10.0. The molecule has 5 heteroatoms. The Morgan fingerprint density at radius 1 is 1.13 bits per heavy atom. The van der Waals surface area contributed by atoms with Gasteiger partial charge in [-0.05, 0) is 61.5 Å². The summed E-state index contributed by atoms with van der Waals surface area (Å²) >= 11 is 0.